The van der Waals surface area contributed by atoms with Gasteiger partial charge >= 0.3 is 0 Å². The van der Waals surface area contributed by atoms with Gasteiger partial charge in [-0.3, -0.25) is 14.4 Å². The molecule has 22 heavy (non-hydrogen) atoms. The molecule has 0 spiro atoms. The molecule has 1 saturated carbocycles. The van der Waals surface area contributed by atoms with Crippen LogP contribution >= 0.6 is 0 Å². The Kier molecular flexibility index (Phi) is 3.94. The van der Waals surface area contributed by atoms with E-state index in [9.17, 15) is 14.4 Å². The van der Waals surface area contributed by atoms with E-state index in [1.165, 1.54) is 6.92 Å². The second-order valence-corrected chi connectivity index (χ2v) is 6.39. The van der Waals surface area contributed by atoms with E-state index < -0.39 is 10.8 Å². The van der Waals surface area contributed by atoms with Gasteiger partial charge in [-0.05, 0) is 39.5 Å². The van der Waals surface area contributed by atoms with Gasteiger partial charge in [0.05, 0.1) is 5.41 Å². The van der Waals surface area contributed by atoms with Crippen LogP contribution in [0.1, 0.15) is 39.5 Å². The Hall–Kier alpha value is -2.03. The van der Waals surface area contributed by atoms with Gasteiger partial charge in [-0.2, -0.15) is 0 Å². The molecule has 0 aromatic rings. The highest BCUT2D eigenvalue weighted by atomic mass is 16.2. The Morgan fingerprint density at radius 3 is 2.36 bits per heavy atom. The SMILES string of the molecule is C=CCC1=C(C)[C@]2(CC=C)CC(=C)C[C@](C(C)=O)(C1=O)C2=O. The van der Waals surface area contributed by atoms with Gasteiger partial charge in [-0.1, -0.05) is 29.9 Å². The van der Waals surface area contributed by atoms with Gasteiger partial charge in [0.1, 0.15) is 0 Å². The first kappa shape index (κ1) is 16.3. The van der Waals surface area contributed by atoms with Gasteiger partial charge in [0.25, 0.3) is 0 Å². The number of carbonyl (C=O) groups is 3. The predicted octanol–water partition coefficient (Wildman–Crippen LogP) is 3.52. The van der Waals surface area contributed by atoms with Gasteiger partial charge in [0.2, 0.25) is 0 Å². The summed E-state index contributed by atoms with van der Waals surface area (Å²) in [5, 5.41) is 0. The molecule has 3 heteroatoms. The van der Waals surface area contributed by atoms with Gasteiger partial charge in [-0.15, -0.1) is 13.2 Å². The van der Waals surface area contributed by atoms with Crippen molar-refractivity contribution in [1.29, 1.82) is 0 Å². The molecule has 2 aliphatic rings. The van der Waals surface area contributed by atoms with E-state index in [0.717, 1.165) is 11.1 Å². The highest BCUT2D eigenvalue weighted by Gasteiger charge is 2.64. The van der Waals surface area contributed by atoms with Crippen molar-refractivity contribution in [3.8, 4) is 0 Å². The minimum absolute atomic E-state index is 0.132. The molecule has 3 nitrogen and oxygen atoms in total. The average molecular weight is 298 g/mol. The third-order valence-electron chi connectivity index (χ3n) is 5.16. The van der Waals surface area contributed by atoms with Crippen LogP contribution in [0, 0.1) is 10.8 Å². The molecule has 0 N–H and O–H groups in total. The summed E-state index contributed by atoms with van der Waals surface area (Å²) in [4.78, 5) is 38.5. The first-order chi connectivity index (χ1) is 10.3. The largest absolute Gasteiger partial charge is 0.298 e. The van der Waals surface area contributed by atoms with Gasteiger partial charge < -0.3 is 0 Å². The van der Waals surface area contributed by atoms with E-state index in [1.54, 1.807) is 12.2 Å². The monoisotopic (exact) mass is 298 g/mol. The summed E-state index contributed by atoms with van der Waals surface area (Å²) in [6, 6.07) is 0. The Labute approximate surface area is 131 Å². The van der Waals surface area contributed by atoms with Crippen LogP contribution in [0.2, 0.25) is 0 Å². The first-order valence-corrected chi connectivity index (χ1v) is 7.47. The smallest absolute Gasteiger partial charge is 0.180 e. The van der Waals surface area contributed by atoms with Crippen LogP contribution in [-0.2, 0) is 14.4 Å². The van der Waals surface area contributed by atoms with Gasteiger partial charge in [0, 0.05) is 5.57 Å². The van der Waals surface area contributed by atoms with Crippen molar-refractivity contribution in [3.63, 3.8) is 0 Å². The normalized spacial score (nSPS) is 31.3. The second kappa shape index (κ2) is 5.31. The molecule has 0 aliphatic heterocycles. The van der Waals surface area contributed by atoms with Crippen molar-refractivity contribution >= 4 is 17.3 Å². The standard InChI is InChI=1S/C19H22O3/c1-6-8-15-13(4)18(9-7-2)10-12(3)11-19(14(5)20,16(15)21)17(18)22/h6-7H,1-3,8-11H2,4-5H3/t18-,19-/m0/s1. The fourth-order valence-electron chi connectivity index (χ4n) is 4.04. The number of ketones is 3. The summed E-state index contributed by atoms with van der Waals surface area (Å²) >= 11 is 0. The lowest BCUT2D eigenvalue weighted by molar-refractivity contribution is -0.154. The number of Topliss-reactive ketones (excluding diaryl/α,β-unsaturated/α-hetero) is 3. The minimum Gasteiger partial charge on any atom is -0.298 e. The molecule has 0 aromatic heterocycles. The van der Waals surface area contributed by atoms with Gasteiger partial charge in [0.15, 0.2) is 22.8 Å². The van der Waals surface area contributed by atoms with Crippen LogP contribution in [-0.4, -0.2) is 17.3 Å². The number of fused-ring (bicyclic) bond motifs is 2. The zero-order valence-electron chi connectivity index (χ0n) is 13.3. The van der Waals surface area contributed by atoms with Crippen LogP contribution in [0.3, 0.4) is 0 Å². The van der Waals surface area contributed by atoms with E-state index in [-0.39, 0.29) is 23.8 Å². The quantitative estimate of drug-likeness (QED) is 0.576. The predicted molar refractivity (Wildman–Crippen MR) is 86.3 cm³/mol. The van der Waals surface area contributed by atoms with Gasteiger partial charge in [-0.25, -0.2) is 0 Å². The molecule has 0 heterocycles. The maximum absolute atomic E-state index is 13.2. The summed E-state index contributed by atoms with van der Waals surface area (Å²) in [6.45, 7) is 14.6. The number of carbonyl (C=O) groups excluding carboxylic acids is 3. The molecule has 0 aromatic carbocycles. The number of allylic oxidation sites excluding steroid dienone is 5. The van der Waals surface area contributed by atoms with Crippen molar-refractivity contribution in [2.45, 2.75) is 39.5 Å². The lowest BCUT2D eigenvalue weighted by atomic mass is 9.48. The first-order valence-electron chi connectivity index (χ1n) is 7.47. The van der Waals surface area contributed by atoms with E-state index in [1.807, 2.05) is 6.92 Å². The maximum Gasteiger partial charge on any atom is 0.180 e. The summed E-state index contributed by atoms with van der Waals surface area (Å²) in [6.07, 6.45) is 4.73. The average Bonchev–Trinajstić information content (AvgIpc) is 2.45. The van der Waals surface area contributed by atoms with Crippen molar-refractivity contribution in [2.24, 2.45) is 10.8 Å². The number of hydrogen-bond donors (Lipinski definition) is 0. The molecule has 0 saturated heterocycles. The van der Waals surface area contributed by atoms with Crippen LogP contribution < -0.4 is 0 Å². The topological polar surface area (TPSA) is 51.2 Å². The zero-order valence-corrected chi connectivity index (χ0v) is 13.3. The number of hydrogen-bond acceptors (Lipinski definition) is 3. The Morgan fingerprint density at radius 2 is 1.86 bits per heavy atom. The van der Waals surface area contributed by atoms with E-state index >= 15 is 0 Å². The highest BCUT2D eigenvalue weighted by Crippen LogP contribution is 2.57. The molecule has 0 radical (unpaired) electrons. The summed E-state index contributed by atoms with van der Waals surface area (Å²) < 4.78 is 0. The molecule has 2 aliphatic carbocycles. The molecule has 2 rings (SSSR count). The van der Waals surface area contributed by atoms with Crippen LogP contribution in [0.5, 0.6) is 0 Å². The fraction of sp³-hybridized carbons (Fsp3) is 0.421. The van der Waals surface area contributed by atoms with Crippen molar-refractivity contribution in [2.75, 3.05) is 0 Å². The van der Waals surface area contributed by atoms with E-state index in [4.69, 9.17) is 0 Å². The maximum atomic E-state index is 13.2. The fourth-order valence-corrected chi connectivity index (χ4v) is 4.04. The third-order valence-corrected chi connectivity index (χ3v) is 5.16. The number of rotatable bonds is 5. The second-order valence-electron chi connectivity index (χ2n) is 6.39. The van der Waals surface area contributed by atoms with Crippen molar-refractivity contribution < 1.29 is 14.4 Å². The Morgan fingerprint density at radius 1 is 1.23 bits per heavy atom. The summed E-state index contributed by atoms with van der Waals surface area (Å²) in [7, 11) is 0. The molecule has 1 fully saturated rings. The molecule has 2 bridgehead atoms. The van der Waals surface area contributed by atoms with E-state index in [0.29, 0.717) is 24.8 Å². The molecule has 116 valence electrons. The Balaban J connectivity index is 2.85. The lowest BCUT2D eigenvalue weighted by Gasteiger charge is -2.50. The van der Waals surface area contributed by atoms with Crippen LogP contribution in [0.4, 0.5) is 0 Å². The Bertz CT molecular complexity index is 650. The highest BCUT2D eigenvalue weighted by molar-refractivity contribution is 6.32. The molecular weight excluding hydrogens is 276 g/mol. The van der Waals surface area contributed by atoms with Crippen molar-refractivity contribution in [3.05, 3.63) is 48.6 Å². The zero-order chi connectivity index (χ0) is 16.7. The van der Waals surface area contributed by atoms with E-state index in [2.05, 4.69) is 19.7 Å². The lowest BCUT2D eigenvalue weighted by Crippen LogP contribution is -2.59. The summed E-state index contributed by atoms with van der Waals surface area (Å²) in [5.41, 5.74) is -0.355. The van der Waals surface area contributed by atoms with Crippen molar-refractivity contribution in [1.82, 2.24) is 0 Å². The third kappa shape index (κ3) is 1.84. The molecule has 0 amide bonds. The molecule has 2 atom stereocenters. The van der Waals surface area contributed by atoms with Crippen LogP contribution in [0.25, 0.3) is 0 Å². The van der Waals surface area contributed by atoms with Crippen LogP contribution in [0.15, 0.2) is 48.6 Å². The summed E-state index contributed by atoms with van der Waals surface area (Å²) in [5.74, 6) is -1.01. The molecule has 0 unspecified atom stereocenters. The minimum atomic E-state index is -1.59. The molecular formula is C19H22O3.